The number of amides is 1. The molecule has 0 N–H and O–H groups in total. The second-order valence-electron chi connectivity index (χ2n) is 9.22. The number of carbonyl (C=O) groups excluding carboxylic acids is 1. The van der Waals surface area contributed by atoms with Gasteiger partial charge in [-0.1, -0.05) is 72.3 Å². The van der Waals surface area contributed by atoms with Gasteiger partial charge in [0.25, 0.3) is 0 Å². The van der Waals surface area contributed by atoms with Crippen molar-refractivity contribution in [3.63, 3.8) is 0 Å². The summed E-state index contributed by atoms with van der Waals surface area (Å²) in [5.41, 5.74) is 7.02. The molecule has 172 valence electrons. The Morgan fingerprint density at radius 1 is 0.971 bits per heavy atom. The van der Waals surface area contributed by atoms with Crippen LogP contribution in [0, 0.1) is 0 Å². The monoisotopic (exact) mass is 471 g/mol. The SMILES string of the molecule is COc1cccc(Cl)c1C1=CC2CCC(C1)N2C(=O)OCC1c2ccccc2-c2ccccc21. The van der Waals surface area contributed by atoms with E-state index in [0.717, 1.165) is 36.1 Å². The van der Waals surface area contributed by atoms with Gasteiger partial charge in [0.15, 0.2) is 0 Å². The highest BCUT2D eigenvalue weighted by Gasteiger charge is 2.42. The van der Waals surface area contributed by atoms with E-state index in [1.54, 1.807) is 7.11 Å². The molecule has 0 saturated carbocycles. The summed E-state index contributed by atoms with van der Waals surface area (Å²) in [6.07, 6.45) is 4.60. The van der Waals surface area contributed by atoms with Gasteiger partial charge in [0.1, 0.15) is 12.4 Å². The molecular formula is C29H26ClNO3. The van der Waals surface area contributed by atoms with Crippen molar-refractivity contribution in [3.8, 4) is 16.9 Å². The molecule has 1 amide bonds. The lowest BCUT2D eigenvalue weighted by molar-refractivity contribution is 0.0866. The van der Waals surface area contributed by atoms with E-state index in [1.807, 2.05) is 23.1 Å². The largest absolute Gasteiger partial charge is 0.496 e. The summed E-state index contributed by atoms with van der Waals surface area (Å²) in [6.45, 7) is 0.345. The quantitative estimate of drug-likeness (QED) is 0.414. The van der Waals surface area contributed by atoms with Crippen molar-refractivity contribution in [3.05, 3.63) is 94.5 Å². The van der Waals surface area contributed by atoms with Gasteiger partial charge in [-0.2, -0.15) is 0 Å². The molecule has 2 aliphatic heterocycles. The number of hydrogen-bond acceptors (Lipinski definition) is 3. The van der Waals surface area contributed by atoms with Crippen molar-refractivity contribution < 1.29 is 14.3 Å². The van der Waals surface area contributed by atoms with Crippen LogP contribution in [0.5, 0.6) is 5.75 Å². The number of rotatable bonds is 4. The van der Waals surface area contributed by atoms with Gasteiger partial charge in [-0.25, -0.2) is 4.79 Å². The zero-order valence-corrected chi connectivity index (χ0v) is 19.8. The Morgan fingerprint density at radius 2 is 1.68 bits per heavy atom. The van der Waals surface area contributed by atoms with E-state index in [2.05, 4.69) is 54.6 Å². The number of halogens is 1. The van der Waals surface area contributed by atoms with E-state index in [1.165, 1.54) is 22.3 Å². The number of ether oxygens (including phenoxy) is 2. The molecule has 1 saturated heterocycles. The average Bonchev–Trinajstić information content (AvgIpc) is 3.33. The predicted molar refractivity (Wildman–Crippen MR) is 134 cm³/mol. The van der Waals surface area contributed by atoms with Crippen molar-refractivity contribution in [2.45, 2.75) is 37.3 Å². The first kappa shape index (κ1) is 21.3. The number of hydrogen-bond donors (Lipinski definition) is 0. The second-order valence-corrected chi connectivity index (χ2v) is 9.63. The Bertz CT molecular complexity index is 1250. The van der Waals surface area contributed by atoms with Gasteiger partial charge < -0.3 is 9.47 Å². The molecule has 3 aromatic carbocycles. The first-order chi connectivity index (χ1) is 16.7. The zero-order chi connectivity index (χ0) is 23.2. The summed E-state index contributed by atoms with van der Waals surface area (Å²) in [5.74, 6) is 0.838. The number of nitrogens with zero attached hydrogens (tertiary/aromatic N) is 1. The molecule has 3 aliphatic rings. The van der Waals surface area contributed by atoms with Crippen LogP contribution in [0.1, 0.15) is 41.9 Å². The Balaban J connectivity index is 1.22. The fraction of sp³-hybridized carbons (Fsp3) is 0.276. The van der Waals surface area contributed by atoms with Gasteiger partial charge in [-0.3, -0.25) is 4.90 Å². The van der Waals surface area contributed by atoms with Crippen LogP contribution in [0.4, 0.5) is 4.79 Å². The topological polar surface area (TPSA) is 38.8 Å². The highest BCUT2D eigenvalue weighted by Crippen LogP contribution is 2.46. The molecule has 0 spiro atoms. The van der Waals surface area contributed by atoms with E-state index in [4.69, 9.17) is 21.1 Å². The molecule has 1 aliphatic carbocycles. The molecule has 6 rings (SSSR count). The Morgan fingerprint density at radius 3 is 2.35 bits per heavy atom. The van der Waals surface area contributed by atoms with Gasteiger partial charge in [-0.05, 0) is 59.2 Å². The summed E-state index contributed by atoms with van der Waals surface area (Å²) >= 11 is 6.54. The van der Waals surface area contributed by atoms with Crippen molar-refractivity contribution in [1.82, 2.24) is 4.90 Å². The smallest absolute Gasteiger partial charge is 0.410 e. The standard InChI is InChI=1S/C29H26ClNO3/c1-33-27-12-6-11-26(30)28(27)18-15-19-13-14-20(16-18)31(19)29(32)34-17-25-23-9-4-2-7-21(23)22-8-3-5-10-24(22)25/h2-12,15,19-20,25H,13-14,16-17H2,1H3. The maximum absolute atomic E-state index is 13.3. The van der Waals surface area contributed by atoms with E-state index in [0.29, 0.717) is 11.6 Å². The van der Waals surface area contributed by atoms with E-state index < -0.39 is 0 Å². The van der Waals surface area contributed by atoms with Gasteiger partial charge in [0, 0.05) is 17.5 Å². The highest BCUT2D eigenvalue weighted by molar-refractivity contribution is 6.32. The average molecular weight is 472 g/mol. The highest BCUT2D eigenvalue weighted by atomic mass is 35.5. The van der Waals surface area contributed by atoms with Gasteiger partial charge in [0.05, 0.1) is 18.2 Å². The third-order valence-corrected chi connectivity index (χ3v) is 7.77. The van der Waals surface area contributed by atoms with Gasteiger partial charge in [-0.15, -0.1) is 0 Å². The zero-order valence-electron chi connectivity index (χ0n) is 19.0. The Hall–Kier alpha value is -3.24. The minimum Gasteiger partial charge on any atom is -0.496 e. The minimum atomic E-state index is -0.226. The van der Waals surface area contributed by atoms with Crippen molar-refractivity contribution >= 4 is 23.3 Å². The molecule has 4 nitrogen and oxygen atoms in total. The van der Waals surface area contributed by atoms with Crippen LogP contribution in [0.3, 0.4) is 0 Å². The molecule has 2 unspecified atom stereocenters. The third-order valence-electron chi connectivity index (χ3n) is 7.46. The second kappa shape index (κ2) is 8.52. The molecule has 0 aromatic heterocycles. The van der Waals surface area contributed by atoms with Crippen LogP contribution < -0.4 is 4.74 Å². The summed E-state index contributed by atoms with van der Waals surface area (Å²) in [7, 11) is 1.66. The summed E-state index contributed by atoms with van der Waals surface area (Å²) in [5, 5.41) is 0.680. The van der Waals surface area contributed by atoms with Crippen molar-refractivity contribution in [2.75, 3.05) is 13.7 Å². The molecule has 2 heterocycles. The maximum atomic E-state index is 13.3. The van der Waals surface area contributed by atoms with E-state index >= 15 is 0 Å². The number of carbonyl (C=O) groups is 1. The molecule has 3 aromatic rings. The Kier molecular flexibility index (Phi) is 5.34. The van der Waals surface area contributed by atoms with Crippen LogP contribution in [-0.4, -0.2) is 36.8 Å². The first-order valence-electron chi connectivity index (χ1n) is 11.8. The minimum absolute atomic E-state index is 0.0189. The fourth-order valence-corrected chi connectivity index (χ4v) is 6.24. The van der Waals surface area contributed by atoms with Gasteiger partial charge in [0.2, 0.25) is 0 Å². The van der Waals surface area contributed by atoms with Crippen LogP contribution in [0.15, 0.2) is 72.8 Å². The molecular weight excluding hydrogens is 446 g/mol. The molecule has 34 heavy (non-hydrogen) atoms. The molecule has 1 fully saturated rings. The lowest BCUT2D eigenvalue weighted by Crippen LogP contribution is -2.43. The van der Waals surface area contributed by atoms with Crippen LogP contribution in [-0.2, 0) is 4.74 Å². The van der Waals surface area contributed by atoms with E-state index in [-0.39, 0.29) is 24.1 Å². The number of benzene rings is 3. The maximum Gasteiger partial charge on any atom is 0.410 e. The predicted octanol–water partition coefficient (Wildman–Crippen LogP) is 6.92. The molecule has 0 radical (unpaired) electrons. The van der Waals surface area contributed by atoms with Crippen LogP contribution in [0.2, 0.25) is 5.02 Å². The first-order valence-corrected chi connectivity index (χ1v) is 12.2. The lowest BCUT2D eigenvalue weighted by atomic mass is 9.94. The fourth-order valence-electron chi connectivity index (χ4n) is 5.95. The third kappa shape index (κ3) is 3.40. The lowest BCUT2D eigenvalue weighted by Gasteiger charge is -2.34. The van der Waals surface area contributed by atoms with Crippen molar-refractivity contribution in [2.24, 2.45) is 0 Å². The summed E-state index contributed by atoms with van der Waals surface area (Å²) in [6, 6.07) is 22.7. The van der Waals surface area contributed by atoms with Crippen LogP contribution >= 0.6 is 11.6 Å². The summed E-state index contributed by atoms with van der Waals surface area (Å²) in [4.78, 5) is 15.2. The van der Waals surface area contributed by atoms with E-state index in [9.17, 15) is 4.79 Å². The normalized spacial score (nSPS) is 20.5. The molecule has 5 heteroatoms. The Labute approximate surface area is 204 Å². The van der Waals surface area contributed by atoms with Gasteiger partial charge >= 0.3 is 6.09 Å². The van der Waals surface area contributed by atoms with Crippen LogP contribution in [0.25, 0.3) is 16.7 Å². The van der Waals surface area contributed by atoms with Crippen molar-refractivity contribution in [1.29, 1.82) is 0 Å². The molecule has 2 bridgehead atoms. The summed E-state index contributed by atoms with van der Waals surface area (Å²) < 4.78 is 11.5. The number of methoxy groups -OCH3 is 1. The molecule has 2 atom stereocenters. The number of fused-ring (bicyclic) bond motifs is 5.